The molecule has 0 aliphatic carbocycles. The molecular formula is C12H12N6. The number of nitrogens with two attached hydrogens (primary N) is 1. The van der Waals surface area contributed by atoms with Crippen molar-refractivity contribution in [1.29, 1.82) is 0 Å². The van der Waals surface area contributed by atoms with E-state index in [1.807, 2.05) is 29.1 Å². The van der Waals surface area contributed by atoms with Gasteiger partial charge in [0.05, 0.1) is 18.3 Å². The molecule has 6 heteroatoms. The van der Waals surface area contributed by atoms with E-state index in [0.717, 1.165) is 12.1 Å². The number of nitrogens with zero attached hydrogens (tertiary/aromatic N) is 4. The van der Waals surface area contributed by atoms with Crippen molar-refractivity contribution in [3.63, 3.8) is 0 Å². The predicted molar refractivity (Wildman–Crippen MR) is 67.6 cm³/mol. The Kier molecular flexibility index (Phi) is 2.53. The van der Waals surface area contributed by atoms with Crippen LogP contribution in [0.15, 0.2) is 42.7 Å². The molecule has 2 heterocycles. The standard InChI is InChI=1S/C12H12N6/c13-12-15-11(16-17-12)10-6-14-18(8-10)7-9-4-2-1-3-5-9/h1-6,8H,7H2,(H3,13,15,16,17). The van der Waals surface area contributed by atoms with Crippen molar-refractivity contribution in [2.45, 2.75) is 6.54 Å². The molecule has 18 heavy (non-hydrogen) atoms. The highest BCUT2D eigenvalue weighted by atomic mass is 15.3. The second-order valence-electron chi connectivity index (χ2n) is 3.95. The summed E-state index contributed by atoms with van der Waals surface area (Å²) >= 11 is 0. The van der Waals surface area contributed by atoms with E-state index < -0.39 is 0 Å². The van der Waals surface area contributed by atoms with Gasteiger partial charge in [-0.25, -0.2) is 0 Å². The van der Waals surface area contributed by atoms with Gasteiger partial charge in [-0.15, -0.1) is 5.10 Å². The summed E-state index contributed by atoms with van der Waals surface area (Å²) in [6.45, 7) is 0.727. The van der Waals surface area contributed by atoms with E-state index in [9.17, 15) is 0 Å². The molecule has 0 atom stereocenters. The SMILES string of the molecule is Nc1n[nH]c(-c2cnn(Cc3ccccc3)c2)n1. The maximum atomic E-state index is 5.47. The van der Waals surface area contributed by atoms with Crippen LogP contribution in [0, 0.1) is 0 Å². The van der Waals surface area contributed by atoms with E-state index in [4.69, 9.17) is 5.73 Å². The molecule has 0 aliphatic heterocycles. The van der Waals surface area contributed by atoms with Gasteiger partial charge in [0.15, 0.2) is 5.82 Å². The number of hydrogen-bond donors (Lipinski definition) is 2. The van der Waals surface area contributed by atoms with Crippen LogP contribution < -0.4 is 5.73 Å². The molecule has 1 aromatic carbocycles. The van der Waals surface area contributed by atoms with Gasteiger partial charge >= 0.3 is 0 Å². The van der Waals surface area contributed by atoms with E-state index in [1.165, 1.54) is 5.56 Å². The number of H-pyrrole nitrogens is 1. The lowest BCUT2D eigenvalue weighted by atomic mass is 10.2. The van der Waals surface area contributed by atoms with Crippen molar-refractivity contribution in [3.8, 4) is 11.4 Å². The fraction of sp³-hybridized carbons (Fsp3) is 0.0833. The second kappa shape index (κ2) is 4.33. The largest absolute Gasteiger partial charge is 0.366 e. The van der Waals surface area contributed by atoms with Crippen LogP contribution in [0.1, 0.15) is 5.56 Å². The number of hydrogen-bond acceptors (Lipinski definition) is 4. The van der Waals surface area contributed by atoms with Crippen LogP contribution in [-0.2, 0) is 6.54 Å². The van der Waals surface area contributed by atoms with Crippen LogP contribution in [0.25, 0.3) is 11.4 Å². The lowest BCUT2D eigenvalue weighted by Gasteiger charge is -2.00. The molecule has 0 bridgehead atoms. The summed E-state index contributed by atoms with van der Waals surface area (Å²) in [4.78, 5) is 4.06. The van der Waals surface area contributed by atoms with Crippen molar-refractivity contribution >= 4 is 5.95 Å². The highest BCUT2D eigenvalue weighted by molar-refractivity contribution is 5.52. The van der Waals surface area contributed by atoms with Gasteiger partial charge in [-0.2, -0.15) is 10.1 Å². The maximum absolute atomic E-state index is 5.47. The molecule has 2 aromatic heterocycles. The van der Waals surface area contributed by atoms with Gasteiger partial charge in [0.1, 0.15) is 0 Å². The second-order valence-corrected chi connectivity index (χ2v) is 3.95. The van der Waals surface area contributed by atoms with Gasteiger partial charge < -0.3 is 5.73 Å². The predicted octanol–water partition coefficient (Wildman–Crippen LogP) is 1.30. The summed E-state index contributed by atoms with van der Waals surface area (Å²) in [7, 11) is 0. The molecule has 6 nitrogen and oxygen atoms in total. The normalized spacial score (nSPS) is 10.7. The summed E-state index contributed by atoms with van der Waals surface area (Å²) < 4.78 is 1.85. The van der Waals surface area contributed by atoms with E-state index in [1.54, 1.807) is 6.20 Å². The fourth-order valence-electron chi connectivity index (χ4n) is 1.75. The van der Waals surface area contributed by atoms with E-state index in [2.05, 4.69) is 32.4 Å². The Balaban J connectivity index is 1.82. The molecule has 0 amide bonds. The minimum absolute atomic E-state index is 0.237. The number of anilines is 1. The first kappa shape index (κ1) is 10.5. The number of nitrogen functional groups attached to an aromatic ring is 1. The molecule has 0 fully saturated rings. The van der Waals surface area contributed by atoms with Crippen molar-refractivity contribution in [2.24, 2.45) is 0 Å². The van der Waals surface area contributed by atoms with Gasteiger partial charge in [0, 0.05) is 6.20 Å². The molecule has 0 saturated carbocycles. The minimum atomic E-state index is 0.237. The summed E-state index contributed by atoms with van der Waals surface area (Å²) in [5, 5.41) is 10.8. The van der Waals surface area contributed by atoms with Crippen LogP contribution >= 0.6 is 0 Å². The Morgan fingerprint density at radius 1 is 1.22 bits per heavy atom. The van der Waals surface area contributed by atoms with E-state index >= 15 is 0 Å². The average Bonchev–Trinajstić information content (AvgIpc) is 2.99. The zero-order valence-corrected chi connectivity index (χ0v) is 9.61. The first-order valence-electron chi connectivity index (χ1n) is 5.56. The lowest BCUT2D eigenvalue weighted by Crippen LogP contribution is -1.99. The highest BCUT2D eigenvalue weighted by Gasteiger charge is 2.06. The first-order chi connectivity index (χ1) is 8.81. The zero-order valence-electron chi connectivity index (χ0n) is 9.61. The van der Waals surface area contributed by atoms with Gasteiger partial charge in [-0.05, 0) is 5.56 Å². The van der Waals surface area contributed by atoms with Crippen LogP contribution in [0.3, 0.4) is 0 Å². The molecule has 3 N–H and O–H groups in total. The molecule has 0 saturated heterocycles. The molecule has 0 unspecified atom stereocenters. The number of aromatic amines is 1. The lowest BCUT2D eigenvalue weighted by molar-refractivity contribution is 0.687. The van der Waals surface area contributed by atoms with Gasteiger partial charge in [-0.3, -0.25) is 9.78 Å². The van der Waals surface area contributed by atoms with E-state index in [0.29, 0.717) is 5.82 Å². The monoisotopic (exact) mass is 240 g/mol. The zero-order chi connectivity index (χ0) is 12.4. The minimum Gasteiger partial charge on any atom is -0.366 e. The van der Waals surface area contributed by atoms with Crippen molar-refractivity contribution < 1.29 is 0 Å². The maximum Gasteiger partial charge on any atom is 0.239 e. The van der Waals surface area contributed by atoms with Gasteiger partial charge in [0.2, 0.25) is 5.95 Å². The summed E-state index contributed by atoms with van der Waals surface area (Å²) in [5.74, 6) is 0.868. The Hall–Kier alpha value is -2.63. The van der Waals surface area contributed by atoms with Gasteiger partial charge in [-0.1, -0.05) is 30.3 Å². The smallest absolute Gasteiger partial charge is 0.239 e. The fourth-order valence-corrected chi connectivity index (χ4v) is 1.75. The molecular weight excluding hydrogens is 228 g/mol. The first-order valence-corrected chi connectivity index (χ1v) is 5.56. The topological polar surface area (TPSA) is 85.4 Å². The Labute approximate surface area is 103 Å². The molecule has 0 aliphatic rings. The third-order valence-corrected chi connectivity index (χ3v) is 2.60. The van der Waals surface area contributed by atoms with Crippen LogP contribution in [0.2, 0.25) is 0 Å². The quantitative estimate of drug-likeness (QED) is 0.722. The summed E-state index contributed by atoms with van der Waals surface area (Å²) in [6, 6.07) is 10.1. The number of benzene rings is 1. The summed E-state index contributed by atoms with van der Waals surface area (Å²) in [6.07, 6.45) is 3.65. The van der Waals surface area contributed by atoms with Gasteiger partial charge in [0.25, 0.3) is 0 Å². The Morgan fingerprint density at radius 2 is 2.06 bits per heavy atom. The highest BCUT2D eigenvalue weighted by Crippen LogP contribution is 2.14. The van der Waals surface area contributed by atoms with Crippen LogP contribution in [0.4, 0.5) is 5.95 Å². The summed E-state index contributed by atoms with van der Waals surface area (Å²) in [5.41, 5.74) is 7.53. The molecule has 0 spiro atoms. The molecule has 3 rings (SSSR count). The average molecular weight is 240 g/mol. The third kappa shape index (κ3) is 2.08. The van der Waals surface area contributed by atoms with Crippen LogP contribution in [-0.4, -0.2) is 25.0 Å². The number of rotatable bonds is 3. The molecule has 90 valence electrons. The van der Waals surface area contributed by atoms with Crippen molar-refractivity contribution in [1.82, 2.24) is 25.0 Å². The Bertz CT molecular complexity index is 639. The van der Waals surface area contributed by atoms with E-state index in [-0.39, 0.29) is 5.95 Å². The molecule has 3 aromatic rings. The number of nitrogens with one attached hydrogen (secondary N) is 1. The Morgan fingerprint density at radius 3 is 2.78 bits per heavy atom. The van der Waals surface area contributed by atoms with Crippen molar-refractivity contribution in [2.75, 3.05) is 5.73 Å². The van der Waals surface area contributed by atoms with Crippen LogP contribution in [0.5, 0.6) is 0 Å². The van der Waals surface area contributed by atoms with Crippen molar-refractivity contribution in [3.05, 3.63) is 48.3 Å². The molecule has 0 radical (unpaired) electrons. The third-order valence-electron chi connectivity index (χ3n) is 2.60. The number of aromatic nitrogens is 5.